The standard InChI is InChI=1S/C17H21N3O4/c1-3-6-23-14-13-19-12(8-20(13)7-11(18-14)15(21)22)17-5-4-16(2,9-17)24-10-17/h7-8H,3-6,9-10H2,1-2H3,(H,21,22). The van der Waals surface area contributed by atoms with Gasteiger partial charge in [0.2, 0.25) is 5.65 Å². The molecule has 2 aromatic rings. The summed E-state index contributed by atoms with van der Waals surface area (Å²) >= 11 is 0. The lowest BCUT2D eigenvalue weighted by Crippen LogP contribution is -2.26. The van der Waals surface area contributed by atoms with E-state index in [-0.39, 0.29) is 22.6 Å². The zero-order valence-corrected chi connectivity index (χ0v) is 13.9. The lowest BCUT2D eigenvalue weighted by Gasteiger charge is -2.24. The van der Waals surface area contributed by atoms with Gasteiger partial charge in [0.25, 0.3) is 5.88 Å². The van der Waals surface area contributed by atoms with Crippen molar-refractivity contribution in [3.8, 4) is 5.88 Å². The van der Waals surface area contributed by atoms with Gasteiger partial charge in [0.05, 0.1) is 24.5 Å². The van der Waals surface area contributed by atoms with Crippen molar-refractivity contribution in [3.63, 3.8) is 0 Å². The second kappa shape index (κ2) is 5.17. The number of carboxylic acid groups (broad SMARTS) is 1. The molecule has 4 rings (SSSR count). The predicted octanol–water partition coefficient (Wildman–Crippen LogP) is 2.43. The minimum Gasteiger partial charge on any atom is -0.476 e. The zero-order chi connectivity index (χ0) is 16.9. The first-order chi connectivity index (χ1) is 11.4. The summed E-state index contributed by atoms with van der Waals surface area (Å²) in [5.74, 6) is -0.802. The molecule has 0 radical (unpaired) electrons. The Labute approximate surface area is 139 Å². The fourth-order valence-corrected chi connectivity index (χ4v) is 3.87. The highest BCUT2D eigenvalue weighted by Gasteiger charge is 2.55. The molecular weight excluding hydrogens is 310 g/mol. The number of aromatic carboxylic acids is 1. The first-order valence-electron chi connectivity index (χ1n) is 8.35. The van der Waals surface area contributed by atoms with Crippen molar-refractivity contribution in [3.05, 3.63) is 23.8 Å². The minimum absolute atomic E-state index is 0.0472. The van der Waals surface area contributed by atoms with Gasteiger partial charge in [0.1, 0.15) is 0 Å². The summed E-state index contributed by atoms with van der Waals surface area (Å²) in [4.78, 5) is 20.2. The zero-order valence-electron chi connectivity index (χ0n) is 13.9. The highest BCUT2D eigenvalue weighted by molar-refractivity contribution is 5.85. The molecule has 2 fully saturated rings. The number of carbonyl (C=O) groups is 1. The molecule has 0 aromatic carbocycles. The van der Waals surface area contributed by atoms with Crippen LogP contribution in [0.25, 0.3) is 5.65 Å². The molecule has 3 heterocycles. The van der Waals surface area contributed by atoms with E-state index in [0.29, 0.717) is 18.9 Å². The SMILES string of the molecule is CCCOc1nc(C(=O)O)cn2cc(C34CCC(C)(C3)OC4)nc12. The largest absolute Gasteiger partial charge is 0.476 e. The molecule has 1 aliphatic heterocycles. The van der Waals surface area contributed by atoms with Crippen LogP contribution in [-0.4, -0.2) is 44.3 Å². The van der Waals surface area contributed by atoms with E-state index < -0.39 is 5.97 Å². The Morgan fingerprint density at radius 1 is 1.42 bits per heavy atom. The summed E-state index contributed by atoms with van der Waals surface area (Å²) in [6.07, 6.45) is 7.23. The van der Waals surface area contributed by atoms with Crippen LogP contribution in [0.2, 0.25) is 0 Å². The lowest BCUT2D eigenvalue weighted by atomic mass is 9.84. The molecule has 2 aliphatic rings. The highest BCUT2D eigenvalue weighted by atomic mass is 16.5. The molecule has 7 heteroatoms. The number of hydrogen-bond donors (Lipinski definition) is 1. The van der Waals surface area contributed by atoms with Gasteiger partial charge in [-0.25, -0.2) is 14.8 Å². The van der Waals surface area contributed by atoms with Crippen LogP contribution >= 0.6 is 0 Å². The third-order valence-electron chi connectivity index (χ3n) is 5.15. The number of fused-ring (bicyclic) bond motifs is 3. The first kappa shape index (κ1) is 15.4. The van der Waals surface area contributed by atoms with Crippen LogP contribution in [0, 0.1) is 0 Å². The second-order valence-electron chi connectivity index (χ2n) is 7.14. The minimum atomic E-state index is -1.08. The molecule has 1 saturated heterocycles. The normalized spacial score (nSPS) is 28.6. The third kappa shape index (κ3) is 2.26. The van der Waals surface area contributed by atoms with Crippen LogP contribution in [0.15, 0.2) is 12.4 Å². The van der Waals surface area contributed by atoms with Crippen LogP contribution in [0.5, 0.6) is 5.88 Å². The van der Waals surface area contributed by atoms with Gasteiger partial charge in [-0.2, -0.15) is 0 Å². The number of carboxylic acids is 1. The summed E-state index contributed by atoms with van der Waals surface area (Å²) in [6.45, 7) is 5.28. The Bertz CT molecular complexity index is 806. The highest BCUT2D eigenvalue weighted by Crippen LogP contribution is 2.53. The Morgan fingerprint density at radius 2 is 2.25 bits per heavy atom. The van der Waals surface area contributed by atoms with Crippen molar-refractivity contribution >= 4 is 11.6 Å². The van der Waals surface area contributed by atoms with Gasteiger partial charge >= 0.3 is 5.97 Å². The Kier molecular flexibility index (Phi) is 3.32. The smallest absolute Gasteiger partial charge is 0.356 e. The maximum atomic E-state index is 11.3. The van der Waals surface area contributed by atoms with Gasteiger partial charge in [0, 0.05) is 17.8 Å². The number of aromatic nitrogens is 3. The molecule has 2 atom stereocenters. The quantitative estimate of drug-likeness (QED) is 0.905. The number of ether oxygens (including phenoxy) is 2. The van der Waals surface area contributed by atoms with E-state index in [2.05, 4.69) is 11.9 Å². The average molecular weight is 331 g/mol. The molecule has 7 nitrogen and oxygen atoms in total. The number of rotatable bonds is 5. The predicted molar refractivity (Wildman–Crippen MR) is 85.6 cm³/mol. The maximum absolute atomic E-state index is 11.3. The van der Waals surface area contributed by atoms with Crippen LogP contribution in [0.3, 0.4) is 0 Å². The van der Waals surface area contributed by atoms with Crippen molar-refractivity contribution in [2.24, 2.45) is 0 Å². The van der Waals surface area contributed by atoms with E-state index in [1.807, 2.05) is 13.1 Å². The summed E-state index contributed by atoms with van der Waals surface area (Å²) < 4.78 is 13.3. The molecule has 0 spiro atoms. The molecular formula is C17H21N3O4. The van der Waals surface area contributed by atoms with Crippen molar-refractivity contribution in [2.45, 2.75) is 50.5 Å². The molecule has 1 N–H and O–H groups in total. The second-order valence-corrected chi connectivity index (χ2v) is 7.14. The van der Waals surface area contributed by atoms with E-state index in [0.717, 1.165) is 31.4 Å². The van der Waals surface area contributed by atoms with E-state index in [1.54, 1.807) is 4.40 Å². The Hall–Kier alpha value is -2.15. The number of hydrogen-bond acceptors (Lipinski definition) is 5. The van der Waals surface area contributed by atoms with Gasteiger partial charge in [-0.1, -0.05) is 6.92 Å². The summed E-state index contributed by atoms with van der Waals surface area (Å²) in [5.41, 5.74) is 1.33. The van der Waals surface area contributed by atoms with Gasteiger partial charge in [0.15, 0.2) is 5.69 Å². The molecule has 128 valence electrons. The van der Waals surface area contributed by atoms with Gasteiger partial charge < -0.3 is 14.6 Å². The first-order valence-corrected chi connectivity index (χ1v) is 8.35. The number of imidazole rings is 1. The van der Waals surface area contributed by atoms with Crippen molar-refractivity contribution in [1.29, 1.82) is 0 Å². The molecule has 1 aliphatic carbocycles. The van der Waals surface area contributed by atoms with Crippen molar-refractivity contribution < 1.29 is 19.4 Å². The van der Waals surface area contributed by atoms with Gasteiger partial charge in [-0.05, 0) is 32.6 Å². The molecule has 2 aromatic heterocycles. The maximum Gasteiger partial charge on any atom is 0.356 e. The number of nitrogens with zero attached hydrogens (tertiary/aromatic N) is 3. The van der Waals surface area contributed by atoms with Gasteiger partial charge in [-0.15, -0.1) is 0 Å². The molecule has 24 heavy (non-hydrogen) atoms. The monoisotopic (exact) mass is 331 g/mol. The topological polar surface area (TPSA) is 86.0 Å². The third-order valence-corrected chi connectivity index (χ3v) is 5.15. The summed E-state index contributed by atoms with van der Waals surface area (Å²) in [7, 11) is 0. The molecule has 1 saturated carbocycles. The Balaban J connectivity index is 1.81. The van der Waals surface area contributed by atoms with E-state index in [1.165, 1.54) is 6.20 Å². The van der Waals surface area contributed by atoms with E-state index >= 15 is 0 Å². The van der Waals surface area contributed by atoms with Crippen LogP contribution < -0.4 is 4.74 Å². The Morgan fingerprint density at radius 3 is 2.83 bits per heavy atom. The van der Waals surface area contributed by atoms with E-state index in [4.69, 9.17) is 14.5 Å². The molecule has 2 unspecified atom stereocenters. The van der Waals surface area contributed by atoms with Crippen LogP contribution in [0.4, 0.5) is 0 Å². The van der Waals surface area contributed by atoms with Crippen LogP contribution in [0.1, 0.15) is 55.7 Å². The molecule has 0 amide bonds. The molecule has 2 bridgehead atoms. The fourth-order valence-electron chi connectivity index (χ4n) is 3.87. The van der Waals surface area contributed by atoms with E-state index in [9.17, 15) is 9.90 Å². The van der Waals surface area contributed by atoms with Crippen LogP contribution in [-0.2, 0) is 10.2 Å². The fraction of sp³-hybridized carbons (Fsp3) is 0.588. The van der Waals surface area contributed by atoms with Gasteiger partial charge in [-0.3, -0.25) is 4.40 Å². The summed E-state index contributed by atoms with van der Waals surface area (Å²) in [5, 5.41) is 9.28. The summed E-state index contributed by atoms with van der Waals surface area (Å²) in [6, 6.07) is 0. The average Bonchev–Trinajstić information content (AvgIpc) is 3.22. The van der Waals surface area contributed by atoms with Crippen molar-refractivity contribution in [2.75, 3.05) is 13.2 Å². The lowest BCUT2D eigenvalue weighted by molar-refractivity contribution is -0.00627. The van der Waals surface area contributed by atoms with Crippen molar-refractivity contribution in [1.82, 2.24) is 14.4 Å².